The number of rotatable bonds is 6. The Kier molecular flexibility index (Phi) is 7.12. The molecule has 2 aliphatic rings. The molecule has 0 spiro atoms. The van der Waals surface area contributed by atoms with Crippen LogP contribution >= 0.6 is 11.6 Å². The maximum Gasteiger partial charge on any atom is 0.267 e. The van der Waals surface area contributed by atoms with Gasteiger partial charge < -0.3 is 24.8 Å². The molecule has 2 aliphatic heterocycles. The van der Waals surface area contributed by atoms with Gasteiger partial charge in [0.05, 0.1) is 43.0 Å². The van der Waals surface area contributed by atoms with E-state index in [1.807, 2.05) is 12.1 Å². The highest BCUT2D eigenvalue weighted by atomic mass is 35.5. The third-order valence-electron chi connectivity index (χ3n) is 5.20. The summed E-state index contributed by atoms with van der Waals surface area (Å²) in [4.78, 5) is 6.64. The molecule has 1 atom stereocenters. The summed E-state index contributed by atoms with van der Waals surface area (Å²) < 4.78 is 31.1. The molecular formula is C23H24ClFN4O3. The number of anilines is 2. The normalized spacial score (nSPS) is 20.0. The van der Waals surface area contributed by atoms with Crippen molar-refractivity contribution in [2.45, 2.75) is 5.85 Å². The number of nitrogens with zero attached hydrogens (tertiary/aromatic N) is 2. The quantitative estimate of drug-likeness (QED) is 0.510. The van der Waals surface area contributed by atoms with Crippen LogP contribution in [0.4, 0.5) is 15.8 Å². The average Bonchev–Trinajstić information content (AvgIpc) is 2.81. The van der Waals surface area contributed by atoms with E-state index in [-0.39, 0.29) is 12.3 Å². The SMILES string of the molecule is COC1(Nc2ccc(Cl)cc2F)N=CNc2cc(OCC#CCN3CCOCC3)ccc21. The first-order chi connectivity index (χ1) is 15.6. The number of ether oxygens (including phenoxy) is 3. The third kappa shape index (κ3) is 5.14. The van der Waals surface area contributed by atoms with Crippen LogP contribution in [0.3, 0.4) is 0 Å². The fourth-order valence-corrected chi connectivity index (χ4v) is 3.63. The first-order valence-electron chi connectivity index (χ1n) is 10.2. The van der Waals surface area contributed by atoms with Gasteiger partial charge in [-0.15, -0.1) is 0 Å². The van der Waals surface area contributed by atoms with Crippen molar-refractivity contribution in [2.75, 3.05) is 57.2 Å². The molecule has 0 aliphatic carbocycles. The highest BCUT2D eigenvalue weighted by molar-refractivity contribution is 6.30. The molecule has 0 aromatic heterocycles. The lowest BCUT2D eigenvalue weighted by Gasteiger charge is -2.34. The van der Waals surface area contributed by atoms with Crippen LogP contribution in [-0.2, 0) is 15.3 Å². The van der Waals surface area contributed by atoms with E-state index in [0.29, 0.717) is 22.9 Å². The average molecular weight is 459 g/mol. The van der Waals surface area contributed by atoms with Gasteiger partial charge in [0.25, 0.3) is 5.85 Å². The number of halogens is 2. The van der Waals surface area contributed by atoms with Crippen molar-refractivity contribution >= 4 is 29.3 Å². The molecule has 32 heavy (non-hydrogen) atoms. The summed E-state index contributed by atoms with van der Waals surface area (Å²) in [6.45, 7) is 4.31. The molecule has 2 N–H and O–H groups in total. The Hall–Kier alpha value is -2.83. The molecule has 2 heterocycles. The Labute approximate surface area is 191 Å². The van der Waals surface area contributed by atoms with E-state index in [2.05, 4.69) is 32.4 Å². The van der Waals surface area contributed by atoms with Gasteiger partial charge in [-0.3, -0.25) is 4.90 Å². The largest absolute Gasteiger partial charge is 0.481 e. The van der Waals surface area contributed by atoms with Gasteiger partial charge in [0.15, 0.2) is 0 Å². The molecule has 0 radical (unpaired) electrons. The molecule has 1 unspecified atom stereocenters. The van der Waals surface area contributed by atoms with Crippen molar-refractivity contribution in [1.29, 1.82) is 0 Å². The minimum absolute atomic E-state index is 0.220. The molecule has 7 nitrogen and oxygen atoms in total. The Morgan fingerprint density at radius 2 is 2.09 bits per heavy atom. The van der Waals surface area contributed by atoms with Gasteiger partial charge >= 0.3 is 0 Å². The van der Waals surface area contributed by atoms with E-state index < -0.39 is 11.7 Å². The Balaban J connectivity index is 1.44. The summed E-state index contributed by atoms with van der Waals surface area (Å²) in [7, 11) is 1.50. The molecule has 1 fully saturated rings. The molecule has 2 aromatic carbocycles. The summed E-state index contributed by atoms with van der Waals surface area (Å²) in [5.74, 6) is 5.02. The smallest absolute Gasteiger partial charge is 0.267 e. The maximum absolute atomic E-state index is 14.4. The van der Waals surface area contributed by atoms with Gasteiger partial charge in [-0.25, -0.2) is 9.38 Å². The van der Waals surface area contributed by atoms with Crippen LogP contribution in [0.2, 0.25) is 5.02 Å². The van der Waals surface area contributed by atoms with E-state index in [4.69, 9.17) is 25.8 Å². The molecule has 0 bridgehead atoms. The van der Waals surface area contributed by atoms with Crippen molar-refractivity contribution in [1.82, 2.24) is 4.90 Å². The van der Waals surface area contributed by atoms with Crippen molar-refractivity contribution in [3.05, 3.63) is 52.8 Å². The number of hydrogen-bond acceptors (Lipinski definition) is 7. The van der Waals surface area contributed by atoms with Crippen molar-refractivity contribution in [2.24, 2.45) is 4.99 Å². The molecule has 4 rings (SSSR count). The van der Waals surface area contributed by atoms with E-state index in [1.54, 1.807) is 18.2 Å². The zero-order valence-electron chi connectivity index (χ0n) is 17.7. The van der Waals surface area contributed by atoms with Crippen molar-refractivity contribution in [3.8, 4) is 17.6 Å². The van der Waals surface area contributed by atoms with Crippen LogP contribution in [0, 0.1) is 17.7 Å². The second-order valence-electron chi connectivity index (χ2n) is 7.24. The summed E-state index contributed by atoms with van der Waals surface area (Å²) in [6.07, 6.45) is 1.50. The van der Waals surface area contributed by atoms with E-state index in [9.17, 15) is 4.39 Å². The van der Waals surface area contributed by atoms with Crippen LogP contribution < -0.4 is 15.4 Å². The van der Waals surface area contributed by atoms with Crippen molar-refractivity contribution < 1.29 is 18.6 Å². The lowest BCUT2D eigenvalue weighted by Crippen LogP contribution is -2.39. The lowest BCUT2D eigenvalue weighted by atomic mass is 10.1. The standard InChI is InChI=1S/C23H24ClFN4O3/c1-30-23(28-21-7-4-17(24)14-20(21)25)19-6-5-18(15-22(19)26-16-27-23)32-11-3-2-8-29-9-12-31-13-10-29/h4-7,14-16,28H,8-13H2,1H3,(H,26,27). The number of nitrogens with one attached hydrogen (secondary N) is 2. The van der Waals surface area contributed by atoms with Gasteiger partial charge in [-0.05, 0) is 30.3 Å². The maximum atomic E-state index is 14.4. The zero-order valence-corrected chi connectivity index (χ0v) is 18.4. The fourth-order valence-electron chi connectivity index (χ4n) is 3.47. The van der Waals surface area contributed by atoms with Crippen LogP contribution in [-0.4, -0.2) is 57.8 Å². The van der Waals surface area contributed by atoms with Gasteiger partial charge in [0.2, 0.25) is 0 Å². The van der Waals surface area contributed by atoms with Gasteiger partial charge in [-0.2, -0.15) is 0 Å². The number of methoxy groups -OCH3 is 1. The number of fused-ring (bicyclic) bond motifs is 1. The number of morpholine rings is 1. The zero-order chi connectivity index (χ0) is 22.4. The first-order valence-corrected chi connectivity index (χ1v) is 10.6. The third-order valence-corrected chi connectivity index (χ3v) is 5.43. The molecule has 0 amide bonds. The van der Waals surface area contributed by atoms with Gasteiger partial charge in [0.1, 0.15) is 18.2 Å². The number of hydrogen-bond donors (Lipinski definition) is 2. The van der Waals surface area contributed by atoms with Gasteiger partial charge in [0, 0.05) is 31.3 Å². The van der Waals surface area contributed by atoms with Crippen molar-refractivity contribution in [3.63, 3.8) is 0 Å². The predicted molar refractivity (Wildman–Crippen MR) is 123 cm³/mol. The lowest BCUT2D eigenvalue weighted by molar-refractivity contribution is 0.0188. The van der Waals surface area contributed by atoms with Gasteiger partial charge in [-0.1, -0.05) is 23.4 Å². The molecular weight excluding hydrogens is 435 g/mol. The summed E-state index contributed by atoms with van der Waals surface area (Å²) in [6, 6.07) is 9.83. The Bertz CT molecular complexity index is 1050. The summed E-state index contributed by atoms with van der Waals surface area (Å²) >= 11 is 5.86. The molecule has 168 valence electrons. The van der Waals surface area contributed by atoms with Crippen LogP contribution in [0.15, 0.2) is 41.4 Å². The number of benzene rings is 2. The van der Waals surface area contributed by atoms with Crippen LogP contribution in [0.5, 0.6) is 5.75 Å². The molecule has 1 saturated heterocycles. The molecule has 0 saturated carbocycles. The second-order valence-corrected chi connectivity index (χ2v) is 7.67. The van der Waals surface area contributed by atoms with E-state index >= 15 is 0 Å². The topological polar surface area (TPSA) is 67.3 Å². The highest BCUT2D eigenvalue weighted by Crippen LogP contribution is 2.38. The first kappa shape index (κ1) is 22.4. The van der Waals surface area contributed by atoms with Crippen LogP contribution in [0.1, 0.15) is 5.56 Å². The second kappa shape index (κ2) is 10.2. The van der Waals surface area contributed by atoms with Crippen LogP contribution in [0.25, 0.3) is 0 Å². The Morgan fingerprint density at radius 3 is 2.88 bits per heavy atom. The highest BCUT2D eigenvalue weighted by Gasteiger charge is 2.36. The minimum atomic E-state index is -1.30. The van der Waals surface area contributed by atoms with E-state index in [0.717, 1.165) is 32.0 Å². The minimum Gasteiger partial charge on any atom is -0.481 e. The Morgan fingerprint density at radius 1 is 1.25 bits per heavy atom. The fraction of sp³-hybridized carbons (Fsp3) is 0.348. The van der Waals surface area contributed by atoms with E-state index in [1.165, 1.54) is 19.5 Å². The monoisotopic (exact) mass is 458 g/mol. The predicted octanol–water partition coefficient (Wildman–Crippen LogP) is 3.52. The summed E-state index contributed by atoms with van der Waals surface area (Å²) in [5, 5.41) is 6.43. The summed E-state index contributed by atoms with van der Waals surface area (Å²) in [5.41, 5.74) is 1.63. The number of aliphatic imine (C=N–C) groups is 1. The molecule has 2 aromatic rings. The molecule has 9 heteroatoms.